The number of hydrogen-bond acceptors (Lipinski definition) is 2. The van der Waals surface area contributed by atoms with Crippen molar-refractivity contribution < 1.29 is 0 Å². The number of aryl methyl sites for hydroxylation is 1. The first-order valence-electron chi connectivity index (χ1n) is 6.04. The topological polar surface area (TPSA) is 24.9 Å². The van der Waals surface area contributed by atoms with Crippen LogP contribution in [0.1, 0.15) is 22.9 Å². The zero-order valence-corrected chi connectivity index (χ0v) is 11.4. The van der Waals surface area contributed by atoms with Crippen LogP contribution < -0.4 is 5.32 Å². The molecule has 1 atom stereocenters. The van der Waals surface area contributed by atoms with Gasteiger partial charge in [-0.05, 0) is 37.2 Å². The molecule has 94 valence electrons. The zero-order valence-electron chi connectivity index (χ0n) is 10.7. The van der Waals surface area contributed by atoms with Crippen molar-refractivity contribution in [2.45, 2.75) is 19.4 Å². The first kappa shape index (κ1) is 13.1. The van der Waals surface area contributed by atoms with Crippen LogP contribution in [0.3, 0.4) is 0 Å². The van der Waals surface area contributed by atoms with E-state index in [1.165, 1.54) is 0 Å². The van der Waals surface area contributed by atoms with Crippen LogP contribution in [-0.2, 0) is 6.42 Å². The van der Waals surface area contributed by atoms with E-state index in [2.05, 4.69) is 16.4 Å². The van der Waals surface area contributed by atoms with Gasteiger partial charge in [-0.25, -0.2) is 0 Å². The van der Waals surface area contributed by atoms with Crippen molar-refractivity contribution in [2.75, 3.05) is 7.05 Å². The third-order valence-corrected chi connectivity index (χ3v) is 3.60. The molecule has 0 aliphatic rings. The van der Waals surface area contributed by atoms with E-state index < -0.39 is 0 Å². The molecule has 0 aliphatic heterocycles. The van der Waals surface area contributed by atoms with Crippen molar-refractivity contribution >= 4 is 11.6 Å². The lowest BCUT2D eigenvalue weighted by Crippen LogP contribution is -2.19. The molecule has 0 amide bonds. The Balaban J connectivity index is 2.26. The third-order valence-electron chi connectivity index (χ3n) is 3.08. The summed E-state index contributed by atoms with van der Waals surface area (Å²) in [4.78, 5) is 4.36. The van der Waals surface area contributed by atoms with E-state index in [0.29, 0.717) is 0 Å². The first-order valence-corrected chi connectivity index (χ1v) is 6.42. The molecule has 0 saturated carbocycles. The maximum atomic E-state index is 6.37. The van der Waals surface area contributed by atoms with Gasteiger partial charge >= 0.3 is 0 Å². The van der Waals surface area contributed by atoms with E-state index in [1.54, 1.807) is 0 Å². The minimum atomic E-state index is 0.187. The molecule has 1 N–H and O–H groups in total. The van der Waals surface area contributed by atoms with Gasteiger partial charge in [0.2, 0.25) is 0 Å². The van der Waals surface area contributed by atoms with Gasteiger partial charge in [0.05, 0.1) is 0 Å². The molecule has 18 heavy (non-hydrogen) atoms. The fourth-order valence-electron chi connectivity index (χ4n) is 2.03. The molecule has 1 aromatic heterocycles. The molecule has 0 saturated heterocycles. The second-order valence-electron chi connectivity index (χ2n) is 4.34. The van der Waals surface area contributed by atoms with Crippen molar-refractivity contribution in [2.24, 2.45) is 0 Å². The number of hydrogen-bond donors (Lipinski definition) is 1. The lowest BCUT2D eigenvalue weighted by molar-refractivity contribution is 0.584. The van der Waals surface area contributed by atoms with Crippen molar-refractivity contribution in [3.05, 3.63) is 64.4 Å². The van der Waals surface area contributed by atoms with E-state index in [-0.39, 0.29) is 6.04 Å². The summed E-state index contributed by atoms with van der Waals surface area (Å²) in [7, 11) is 1.95. The Kier molecular flexibility index (Phi) is 4.34. The summed E-state index contributed by atoms with van der Waals surface area (Å²) in [5.41, 5.74) is 3.30. The van der Waals surface area contributed by atoms with E-state index >= 15 is 0 Å². The molecule has 3 heteroatoms. The predicted octanol–water partition coefficient (Wildman–Crippen LogP) is 3.55. The molecule has 2 rings (SSSR count). The molecule has 0 bridgehead atoms. The normalized spacial score (nSPS) is 12.4. The number of halogens is 1. The number of aromatic nitrogens is 1. The van der Waals surface area contributed by atoms with Crippen LogP contribution in [0, 0.1) is 6.92 Å². The summed E-state index contributed by atoms with van der Waals surface area (Å²) in [6, 6.07) is 12.3. The van der Waals surface area contributed by atoms with E-state index in [0.717, 1.165) is 28.3 Å². The summed E-state index contributed by atoms with van der Waals surface area (Å²) >= 11 is 6.37. The van der Waals surface area contributed by atoms with E-state index in [1.807, 2.05) is 50.5 Å². The molecule has 0 radical (unpaired) electrons. The summed E-state index contributed by atoms with van der Waals surface area (Å²) in [5.74, 6) is 0. The minimum absolute atomic E-state index is 0.187. The van der Waals surface area contributed by atoms with Gasteiger partial charge in [0.1, 0.15) is 0 Å². The highest BCUT2D eigenvalue weighted by atomic mass is 35.5. The van der Waals surface area contributed by atoms with Crippen LogP contribution in [-0.4, -0.2) is 12.0 Å². The number of rotatable bonds is 4. The molecular formula is C15H17ClN2. The van der Waals surface area contributed by atoms with Crippen LogP contribution in [0.4, 0.5) is 0 Å². The van der Waals surface area contributed by atoms with Gasteiger partial charge in [0.25, 0.3) is 0 Å². The summed E-state index contributed by atoms with van der Waals surface area (Å²) < 4.78 is 0. The predicted molar refractivity (Wildman–Crippen MR) is 75.9 cm³/mol. The molecule has 2 aromatic rings. The van der Waals surface area contributed by atoms with Crippen LogP contribution in [0.5, 0.6) is 0 Å². The Morgan fingerprint density at radius 2 is 2.06 bits per heavy atom. The molecule has 1 aromatic carbocycles. The van der Waals surface area contributed by atoms with Crippen LogP contribution >= 0.6 is 11.6 Å². The SMILES string of the molecule is CNC(Cc1ccccn1)c1cccc(C)c1Cl. The smallest absolute Gasteiger partial charge is 0.0483 e. The Labute approximate surface area is 113 Å². The van der Waals surface area contributed by atoms with Crippen molar-refractivity contribution in [1.29, 1.82) is 0 Å². The maximum Gasteiger partial charge on any atom is 0.0483 e. The highest BCUT2D eigenvalue weighted by molar-refractivity contribution is 6.32. The Hall–Kier alpha value is -1.38. The van der Waals surface area contributed by atoms with Gasteiger partial charge in [-0.3, -0.25) is 4.98 Å². The molecule has 1 heterocycles. The van der Waals surface area contributed by atoms with Gasteiger partial charge in [-0.2, -0.15) is 0 Å². The lowest BCUT2D eigenvalue weighted by Gasteiger charge is -2.18. The van der Waals surface area contributed by atoms with Gasteiger partial charge in [0, 0.05) is 29.4 Å². The standard InChI is InChI=1S/C15H17ClN2/c1-11-6-5-8-13(15(11)16)14(17-2)10-12-7-3-4-9-18-12/h3-9,14,17H,10H2,1-2H3. The van der Waals surface area contributed by atoms with Crippen LogP contribution in [0.2, 0.25) is 5.02 Å². The molecule has 1 unspecified atom stereocenters. The van der Waals surface area contributed by atoms with Gasteiger partial charge in [-0.1, -0.05) is 35.9 Å². The van der Waals surface area contributed by atoms with Gasteiger partial charge < -0.3 is 5.32 Å². The third kappa shape index (κ3) is 2.89. The number of nitrogens with zero attached hydrogens (tertiary/aromatic N) is 1. The quantitative estimate of drug-likeness (QED) is 0.910. The van der Waals surface area contributed by atoms with Crippen LogP contribution in [0.25, 0.3) is 0 Å². The minimum Gasteiger partial charge on any atom is -0.313 e. The number of pyridine rings is 1. The van der Waals surface area contributed by atoms with Crippen molar-refractivity contribution in [3.63, 3.8) is 0 Å². The Morgan fingerprint density at radius 1 is 1.22 bits per heavy atom. The molecule has 0 fully saturated rings. The van der Waals surface area contributed by atoms with E-state index in [4.69, 9.17) is 11.6 Å². The second-order valence-corrected chi connectivity index (χ2v) is 4.72. The van der Waals surface area contributed by atoms with Crippen molar-refractivity contribution in [1.82, 2.24) is 10.3 Å². The molecule has 0 aliphatic carbocycles. The Morgan fingerprint density at radius 3 is 2.72 bits per heavy atom. The van der Waals surface area contributed by atoms with Crippen LogP contribution in [0.15, 0.2) is 42.6 Å². The largest absolute Gasteiger partial charge is 0.313 e. The number of likely N-dealkylation sites (N-methyl/N-ethyl adjacent to an activating group) is 1. The molecular weight excluding hydrogens is 244 g/mol. The van der Waals surface area contributed by atoms with Gasteiger partial charge in [0.15, 0.2) is 0 Å². The molecule has 0 spiro atoms. The number of nitrogens with one attached hydrogen (secondary N) is 1. The average molecular weight is 261 g/mol. The second kappa shape index (κ2) is 5.98. The summed E-state index contributed by atoms with van der Waals surface area (Å²) in [6.45, 7) is 2.03. The highest BCUT2D eigenvalue weighted by Crippen LogP contribution is 2.27. The monoisotopic (exact) mass is 260 g/mol. The number of benzene rings is 1. The fourth-order valence-corrected chi connectivity index (χ4v) is 2.29. The molecule has 2 nitrogen and oxygen atoms in total. The maximum absolute atomic E-state index is 6.37. The first-order chi connectivity index (χ1) is 8.72. The highest BCUT2D eigenvalue weighted by Gasteiger charge is 2.14. The lowest BCUT2D eigenvalue weighted by atomic mass is 10.00. The van der Waals surface area contributed by atoms with E-state index in [9.17, 15) is 0 Å². The van der Waals surface area contributed by atoms with Gasteiger partial charge in [-0.15, -0.1) is 0 Å². The fraction of sp³-hybridized carbons (Fsp3) is 0.267. The summed E-state index contributed by atoms with van der Waals surface area (Å²) in [6.07, 6.45) is 2.65. The average Bonchev–Trinajstić information content (AvgIpc) is 2.41. The Bertz CT molecular complexity index is 511. The zero-order chi connectivity index (χ0) is 13.0. The van der Waals surface area contributed by atoms with Crippen molar-refractivity contribution in [3.8, 4) is 0 Å². The summed E-state index contributed by atoms with van der Waals surface area (Å²) in [5, 5.41) is 4.15.